The lowest BCUT2D eigenvalue weighted by molar-refractivity contribution is 0.129. The summed E-state index contributed by atoms with van der Waals surface area (Å²) in [4.78, 5) is 0. The summed E-state index contributed by atoms with van der Waals surface area (Å²) in [7, 11) is 0. The average Bonchev–Trinajstić information content (AvgIpc) is 3.33. The summed E-state index contributed by atoms with van der Waals surface area (Å²) in [5.41, 5.74) is 1.33. The van der Waals surface area contributed by atoms with Gasteiger partial charge in [0.15, 0.2) is 0 Å². The highest BCUT2D eigenvalue weighted by molar-refractivity contribution is 9.10. The summed E-state index contributed by atoms with van der Waals surface area (Å²) in [6.07, 6.45) is 9.44. The molecule has 2 fully saturated rings. The van der Waals surface area contributed by atoms with Crippen molar-refractivity contribution < 1.29 is 4.74 Å². The second-order valence-electron chi connectivity index (χ2n) is 6.59. The second kappa shape index (κ2) is 7.15. The minimum atomic E-state index is 0.402. The maximum atomic E-state index is 6.20. The second-order valence-corrected chi connectivity index (χ2v) is 7.44. The quantitative estimate of drug-likeness (QED) is 0.774. The van der Waals surface area contributed by atoms with E-state index in [9.17, 15) is 0 Å². The number of rotatable bonds is 6. The van der Waals surface area contributed by atoms with Gasteiger partial charge < -0.3 is 10.1 Å². The van der Waals surface area contributed by atoms with E-state index in [0.717, 1.165) is 28.7 Å². The lowest BCUT2D eigenvalue weighted by Gasteiger charge is -2.28. The molecule has 0 spiro atoms. The van der Waals surface area contributed by atoms with E-state index < -0.39 is 0 Å². The maximum Gasteiger partial charge on any atom is 0.133 e. The summed E-state index contributed by atoms with van der Waals surface area (Å²) < 4.78 is 7.30. The first-order chi connectivity index (χ1) is 10.2. The van der Waals surface area contributed by atoms with E-state index in [2.05, 4.69) is 46.4 Å². The van der Waals surface area contributed by atoms with Crippen LogP contribution in [0.5, 0.6) is 5.75 Å². The fourth-order valence-electron chi connectivity index (χ4n) is 3.14. The molecule has 0 saturated heterocycles. The number of benzene rings is 1. The number of ether oxygens (including phenoxy) is 1. The molecule has 0 unspecified atom stereocenters. The van der Waals surface area contributed by atoms with Crippen LogP contribution in [0.25, 0.3) is 0 Å². The highest BCUT2D eigenvalue weighted by atomic mass is 79.9. The van der Waals surface area contributed by atoms with Gasteiger partial charge in [-0.1, -0.05) is 19.4 Å². The molecular formula is C18H26BrNO. The van der Waals surface area contributed by atoms with Crippen LogP contribution in [0, 0.1) is 5.92 Å². The molecule has 0 radical (unpaired) electrons. The largest absolute Gasteiger partial charge is 0.489 e. The molecule has 1 N–H and O–H groups in total. The van der Waals surface area contributed by atoms with Crippen LogP contribution in [0.3, 0.4) is 0 Å². The van der Waals surface area contributed by atoms with Gasteiger partial charge in [0.2, 0.25) is 0 Å². The molecule has 0 aromatic heterocycles. The molecule has 1 aromatic carbocycles. The smallest absolute Gasteiger partial charge is 0.133 e. The molecular weight excluding hydrogens is 326 g/mol. The maximum absolute atomic E-state index is 6.20. The van der Waals surface area contributed by atoms with Crippen molar-refractivity contribution in [1.82, 2.24) is 5.32 Å². The van der Waals surface area contributed by atoms with Crippen LogP contribution in [0.2, 0.25) is 0 Å². The Labute approximate surface area is 136 Å². The van der Waals surface area contributed by atoms with Crippen molar-refractivity contribution in [3.8, 4) is 5.75 Å². The summed E-state index contributed by atoms with van der Waals surface area (Å²) in [6.45, 7) is 3.27. The van der Waals surface area contributed by atoms with Gasteiger partial charge in [0.05, 0.1) is 10.6 Å². The first kappa shape index (κ1) is 15.4. The van der Waals surface area contributed by atoms with Crippen molar-refractivity contribution in [2.75, 3.05) is 0 Å². The molecule has 0 aliphatic heterocycles. The molecule has 21 heavy (non-hydrogen) atoms. The topological polar surface area (TPSA) is 21.3 Å². The Hall–Kier alpha value is -0.540. The van der Waals surface area contributed by atoms with Gasteiger partial charge in [-0.3, -0.25) is 0 Å². The Kier molecular flexibility index (Phi) is 5.23. The molecule has 2 nitrogen and oxygen atoms in total. The zero-order chi connectivity index (χ0) is 14.7. The number of halogens is 1. The Bertz CT molecular complexity index is 464. The summed E-state index contributed by atoms with van der Waals surface area (Å²) in [6, 6.07) is 7.27. The monoisotopic (exact) mass is 351 g/mol. The Morgan fingerprint density at radius 2 is 1.90 bits per heavy atom. The molecule has 3 heteroatoms. The first-order valence-electron chi connectivity index (χ1n) is 8.43. The van der Waals surface area contributed by atoms with E-state index in [-0.39, 0.29) is 0 Å². The van der Waals surface area contributed by atoms with Gasteiger partial charge in [-0.15, -0.1) is 0 Å². The third kappa shape index (κ3) is 4.46. The Balaban J connectivity index is 1.52. The van der Waals surface area contributed by atoms with E-state index in [0.29, 0.717) is 6.10 Å². The molecule has 116 valence electrons. The number of hydrogen-bond donors (Lipinski definition) is 1. The van der Waals surface area contributed by atoms with E-state index in [1.807, 2.05) is 0 Å². The van der Waals surface area contributed by atoms with Crippen LogP contribution in [-0.2, 0) is 6.54 Å². The lowest BCUT2D eigenvalue weighted by Crippen LogP contribution is -2.24. The number of hydrogen-bond acceptors (Lipinski definition) is 2. The van der Waals surface area contributed by atoms with E-state index >= 15 is 0 Å². The van der Waals surface area contributed by atoms with Gasteiger partial charge >= 0.3 is 0 Å². The fourth-order valence-corrected chi connectivity index (χ4v) is 3.66. The zero-order valence-electron chi connectivity index (χ0n) is 12.9. The van der Waals surface area contributed by atoms with Crippen molar-refractivity contribution in [3.05, 3.63) is 28.2 Å². The standard InChI is InChI=1S/C18H26BrNO/c1-2-13-3-8-16(9-4-13)21-18-10-5-14(11-17(18)19)12-20-15-6-7-15/h5,10-11,13,15-16,20H,2-4,6-9,12H2,1H3. The predicted octanol–water partition coefficient (Wildman–Crippen LogP) is 5.05. The molecule has 2 aliphatic carbocycles. The Morgan fingerprint density at radius 1 is 1.14 bits per heavy atom. The van der Waals surface area contributed by atoms with Crippen molar-refractivity contribution >= 4 is 15.9 Å². The zero-order valence-corrected chi connectivity index (χ0v) is 14.5. The lowest BCUT2D eigenvalue weighted by atomic mass is 9.86. The van der Waals surface area contributed by atoms with Crippen LogP contribution in [0.4, 0.5) is 0 Å². The fraction of sp³-hybridized carbons (Fsp3) is 0.667. The third-order valence-electron chi connectivity index (χ3n) is 4.83. The Morgan fingerprint density at radius 3 is 2.52 bits per heavy atom. The molecule has 1 aromatic rings. The average molecular weight is 352 g/mol. The van der Waals surface area contributed by atoms with Crippen LogP contribution in [0.15, 0.2) is 22.7 Å². The molecule has 0 bridgehead atoms. The van der Waals surface area contributed by atoms with E-state index in [1.54, 1.807) is 0 Å². The first-order valence-corrected chi connectivity index (χ1v) is 9.22. The summed E-state index contributed by atoms with van der Waals surface area (Å²) >= 11 is 3.67. The minimum Gasteiger partial charge on any atom is -0.489 e. The number of nitrogens with one attached hydrogen (secondary N) is 1. The van der Waals surface area contributed by atoms with Gasteiger partial charge in [0.25, 0.3) is 0 Å². The molecule has 0 amide bonds. The molecule has 2 saturated carbocycles. The SMILES string of the molecule is CCC1CCC(Oc2ccc(CNC3CC3)cc2Br)CC1. The van der Waals surface area contributed by atoms with Crippen molar-refractivity contribution in [3.63, 3.8) is 0 Å². The van der Waals surface area contributed by atoms with Gasteiger partial charge in [0, 0.05) is 12.6 Å². The van der Waals surface area contributed by atoms with Crippen LogP contribution in [0.1, 0.15) is 57.4 Å². The molecule has 2 aliphatic rings. The van der Waals surface area contributed by atoms with Gasteiger partial charge in [0.1, 0.15) is 5.75 Å². The van der Waals surface area contributed by atoms with Crippen molar-refractivity contribution in [2.24, 2.45) is 5.92 Å². The summed E-state index contributed by atoms with van der Waals surface area (Å²) in [5.74, 6) is 1.93. The summed E-state index contributed by atoms with van der Waals surface area (Å²) in [5, 5.41) is 3.55. The van der Waals surface area contributed by atoms with Crippen LogP contribution >= 0.6 is 15.9 Å². The molecule has 0 heterocycles. The van der Waals surface area contributed by atoms with Gasteiger partial charge in [-0.2, -0.15) is 0 Å². The van der Waals surface area contributed by atoms with Crippen molar-refractivity contribution in [2.45, 2.75) is 70.6 Å². The predicted molar refractivity (Wildman–Crippen MR) is 90.7 cm³/mol. The third-order valence-corrected chi connectivity index (χ3v) is 5.45. The highest BCUT2D eigenvalue weighted by Crippen LogP contribution is 2.33. The molecule has 3 rings (SSSR count). The van der Waals surface area contributed by atoms with Crippen LogP contribution < -0.4 is 10.1 Å². The minimum absolute atomic E-state index is 0.402. The molecule has 0 atom stereocenters. The van der Waals surface area contributed by atoms with E-state index in [4.69, 9.17) is 4.74 Å². The normalized spacial score (nSPS) is 25.8. The van der Waals surface area contributed by atoms with Crippen LogP contribution in [-0.4, -0.2) is 12.1 Å². The van der Waals surface area contributed by atoms with Gasteiger partial charge in [-0.25, -0.2) is 0 Å². The highest BCUT2D eigenvalue weighted by Gasteiger charge is 2.22. The van der Waals surface area contributed by atoms with E-state index in [1.165, 1.54) is 50.5 Å². The van der Waals surface area contributed by atoms with Gasteiger partial charge in [-0.05, 0) is 78.1 Å². The van der Waals surface area contributed by atoms with Crippen molar-refractivity contribution in [1.29, 1.82) is 0 Å².